The van der Waals surface area contributed by atoms with E-state index < -0.39 is 5.97 Å². The van der Waals surface area contributed by atoms with E-state index in [0.29, 0.717) is 19.0 Å². The van der Waals surface area contributed by atoms with Crippen molar-refractivity contribution in [3.05, 3.63) is 40.5 Å². The SMILES string of the molecule is O=C(O)c1cc(N2CCOc3ccccc32)n[nH]c1=S. The summed E-state index contributed by atoms with van der Waals surface area (Å²) < 4.78 is 5.67. The highest BCUT2D eigenvalue weighted by Gasteiger charge is 2.21. The minimum absolute atomic E-state index is 0.0361. The Bertz CT molecular complexity index is 729. The van der Waals surface area contributed by atoms with Gasteiger partial charge in [-0.3, -0.25) is 5.10 Å². The number of carboxylic acids is 1. The number of hydrogen-bond donors (Lipinski definition) is 2. The van der Waals surface area contributed by atoms with E-state index in [0.717, 1.165) is 11.4 Å². The first-order valence-corrected chi connectivity index (χ1v) is 6.40. The molecule has 20 heavy (non-hydrogen) atoms. The average molecular weight is 289 g/mol. The Morgan fingerprint density at radius 1 is 1.45 bits per heavy atom. The smallest absolute Gasteiger partial charge is 0.338 e. The molecule has 2 aromatic rings. The highest BCUT2D eigenvalue weighted by molar-refractivity contribution is 7.71. The second-order valence-electron chi connectivity index (χ2n) is 4.24. The third-order valence-corrected chi connectivity index (χ3v) is 3.34. The van der Waals surface area contributed by atoms with Crippen molar-refractivity contribution >= 4 is 29.7 Å². The van der Waals surface area contributed by atoms with Crippen LogP contribution in [0.15, 0.2) is 30.3 Å². The number of rotatable bonds is 2. The number of carboxylic acid groups (broad SMARTS) is 1. The van der Waals surface area contributed by atoms with Gasteiger partial charge in [0.15, 0.2) is 5.82 Å². The normalized spacial score (nSPS) is 13.5. The second kappa shape index (κ2) is 4.93. The van der Waals surface area contributed by atoms with Crippen LogP contribution in [-0.4, -0.2) is 34.4 Å². The number of para-hydroxylation sites is 2. The molecule has 0 spiro atoms. The van der Waals surface area contributed by atoms with Crippen molar-refractivity contribution in [3.63, 3.8) is 0 Å². The zero-order valence-corrected chi connectivity index (χ0v) is 11.2. The molecular weight excluding hydrogens is 278 g/mol. The van der Waals surface area contributed by atoms with Gasteiger partial charge in [0, 0.05) is 6.07 Å². The highest BCUT2D eigenvalue weighted by atomic mass is 32.1. The Kier molecular flexibility index (Phi) is 3.11. The van der Waals surface area contributed by atoms with Gasteiger partial charge < -0.3 is 14.7 Å². The first kappa shape index (κ1) is 12.6. The van der Waals surface area contributed by atoms with E-state index in [1.165, 1.54) is 6.07 Å². The molecule has 0 saturated carbocycles. The predicted octanol–water partition coefficient (Wildman–Crippen LogP) is 2.37. The van der Waals surface area contributed by atoms with E-state index in [9.17, 15) is 4.79 Å². The molecule has 7 heteroatoms. The maximum absolute atomic E-state index is 11.1. The second-order valence-corrected chi connectivity index (χ2v) is 4.65. The van der Waals surface area contributed by atoms with E-state index in [2.05, 4.69) is 10.2 Å². The van der Waals surface area contributed by atoms with Gasteiger partial charge in [-0.1, -0.05) is 24.4 Å². The van der Waals surface area contributed by atoms with E-state index in [-0.39, 0.29) is 10.2 Å². The van der Waals surface area contributed by atoms with Crippen LogP contribution in [-0.2, 0) is 0 Å². The molecule has 0 bridgehead atoms. The minimum Gasteiger partial charge on any atom is -0.490 e. The summed E-state index contributed by atoms with van der Waals surface area (Å²) in [4.78, 5) is 13.0. The summed E-state index contributed by atoms with van der Waals surface area (Å²) in [6.07, 6.45) is 0. The van der Waals surface area contributed by atoms with Crippen LogP contribution in [0.25, 0.3) is 0 Å². The number of hydrogen-bond acceptors (Lipinski definition) is 5. The van der Waals surface area contributed by atoms with Crippen molar-refractivity contribution < 1.29 is 14.6 Å². The fourth-order valence-electron chi connectivity index (χ4n) is 2.10. The van der Waals surface area contributed by atoms with Crippen LogP contribution in [0.4, 0.5) is 11.5 Å². The number of nitrogens with zero attached hydrogens (tertiary/aromatic N) is 2. The Labute approximate surface area is 119 Å². The van der Waals surface area contributed by atoms with Crippen LogP contribution >= 0.6 is 12.2 Å². The van der Waals surface area contributed by atoms with Gasteiger partial charge in [-0.15, -0.1) is 0 Å². The summed E-state index contributed by atoms with van der Waals surface area (Å²) in [6, 6.07) is 9.02. The molecule has 6 nitrogen and oxygen atoms in total. The molecule has 0 amide bonds. The molecule has 1 aliphatic heterocycles. The average Bonchev–Trinajstić information content (AvgIpc) is 2.47. The number of benzene rings is 1. The fraction of sp³-hybridized carbons (Fsp3) is 0.154. The van der Waals surface area contributed by atoms with Gasteiger partial charge in [-0.25, -0.2) is 4.79 Å². The molecule has 102 valence electrons. The van der Waals surface area contributed by atoms with Gasteiger partial charge in [0.25, 0.3) is 0 Å². The van der Waals surface area contributed by atoms with Crippen LogP contribution < -0.4 is 9.64 Å². The topological polar surface area (TPSA) is 78.4 Å². The summed E-state index contributed by atoms with van der Waals surface area (Å²) in [6.45, 7) is 1.10. The molecule has 3 rings (SSSR count). The monoisotopic (exact) mass is 289 g/mol. The van der Waals surface area contributed by atoms with Crippen molar-refractivity contribution in [2.45, 2.75) is 0 Å². The van der Waals surface area contributed by atoms with Gasteiger partial charge in [0.05, 0.1) is 17.8 Å². The molecule has 0 atom stereocenters. The van der Waals surface area contributed by atoms with E-state index in [4.69, 9.17) is 22.1 Å². The standard InChI is InChI=1S/C13H11N3O3S/c17-13(18)8-7-11(14-15-12(8)20)16-5-6-19-10-4-2-1-3-9(10)16/h1-4,7H,5-6H2,(H,15,20)(H,17,18). The summed E-state index contributed by atoms with van der Waals surface area (Å²) in [5.74, 6) is 0.183. The lowest BCUT2D eigenvalue weighted by Gasteiger charge is -2.30. The zero-order valence-electron chi connectivity index (χ0n) is 10.4. The first-order chi connectivity index (χ1) is 9.66. The van der Waals surface area contributed by atoms with E-state index in [1.54, 1.807) is 0 Å². The van der Waals surface area contributed by atoms with Crippen LogP contribution in [0, 0.1) is 4.64 Å². The number of ether oxygens (including phenoxy) is 1. The van der Waals surface area contributed by atoms with Crippen molar-refractivity contribution in [2.24, 2.45) is 0 Å². The number of H-pyrrole nitrogens is 1. The maximum atomic E-state index is 11.1. The Hall–Kier alpha value is -2.41. The van der Waals surface area contributed by atoms with Crippen LogP contribution in [0.5, 0.6) is 5.75 Å². The van der Waals surface area contributed by atoms with Crippen molar-refractivity contribution in [2.75, 3.05) is 18.1 Å². The van der Waals surface area contributed by atoms with Gasteiger partial charge >= 0.3 is 5.97 Å². The van der Waals surface area contributed by atoms with Crippen LogP contribution in [0.1, 0.15) is 10.4 Å². The molecule has 0 radical (unpaired) electrons. The summed E-state index contributed by atoms with van der Waals surface area (Å²) >= 11 is 4.93. The Morgan fingerprint density at radius 3 is 3.05 bits per heavy atom. The van der Waals surface area contributed by atoms with Gasteiger partial charge in [-0.2, -0.15) is 5.10 Å². The Morgan fingerprint density at radius 2 is 2.25 bits per heavy atom. The fourth-order valence-corrected chi connectivity index (χ4v) is 2.29. The highest BCUT2D eigenvalue weighted by Crippen LogP contribution is 2.35. The first-order valence-electron chi connectivity index (χ1n) is 5.99. The van der Waals surface area contributed by atoms with E-state index >= 15 is 0 Å². The molecule has 1 aliphatic rings. The quantitative estimate of drug-likeness (QED) is 0.826. The lowest BCUT2D eigenvalue weighted by Crippen LogP contribution is -2.29. The third-order valence-electron chi connectivity index (χ3n) is 3.03. The van der Waals surface area contributed by atoms with Gasteiger partial charge in [0.2, 0.25) is 0 Å². The molecule has 2 N–H and O–H groups in total. The molecule has 0 fully saturated rings. The number of anilines is 2. The van der Waals surface area contributed by atoms with Crippen LogP contribution in [0.2, 0.25) is 0 Å². The van der Waals surface area contributed by atoms with Crippen molar-refractivity contribution in [1.29, 1.82) is 0 Å². The number of fused-ring (bicyclic) bond motifs is 1. The number of aromatic carboxylic acids is 1. The number of aromatic nitrogens is 2. The largest absolute Gasteiger partial charge is 0.490 e. The maximum Gasteiger partial charge on any atom is 0.338 e. The molecule has 1 aromatic heterocycles. The summed E-state index contributed by atoms with van der Waals surface area (Å²) in [5.41, 5.74) is 0.891. The minimum atomic E-state index is -1.07. The number of carbonyl (C=O) groups is 1. The molecular formula is C13H11N3O3S. The molecule has 1 aromatic carbocycles. The molecule has 0 aliphatic carbocycles. The number of aromatic amines is 1. The Balaban J connectivity index is 2.09. The summed E-state index contributed by atoms with van der Waals surface area (Å²) in [7, 11) is 0. The third kappa shape index (κ3) is 2.12. The number of nitrogens with one attached hydrogen (secondary N) is 1. The zero-order chi connectivity index (χ0) is 14.1. The van der Waals surface area contributed by atoms with Crippen molar-refractivity contribution in [1.82, 2.24) is 10.2 Å². The van der Waals surface area contributed by atoms with Crippen molar-refractivity contribution in [3.8, 4) is 5.75 Å². The van der Waals surface area contributed by atoms with Gasteiger partial charge in [-0.05, 0) is 12.1 Å². The molecule has 0 unspecified atom stereocenters. The van der Waals surface area contributed by atoms with Crippen LogP contribution in [0.3, 0.4) is 0 Å². The summed E-state index contributed by atoms with van der Waals surface area (Å²) in [5, 5.41) is 15.8. The molecule has 2 heterocycles. The van der Waals surface area contributed by atoms with Gasteiger partial charge in [0.1, 0.15) is 17.0 Å². The predicted molar refractivity (Wildman–Crippen MR) is 75.3 cm³/mol. The molecule has 0 saturated heterocycles. The lowest BCUT2D eigenvalue weighted by atomic mass is 10.2. The lowest BCUT2D eigenvalue weighted by molar-refractivity contribution is 0.0695. The van der Waals surface area contributed by atoms with E-state index in [1.807, 2.05) is 29.2 Å².